The van der Waals surface area contributed by atoms with Crippen LogP contribution >= 0.6 is 15.9 Å². The lowest BCUT2D eigenvalue weighted by molar-refractivity contribution is -0.119. The van der Waals surface area contributed by atoms with Gasteiger partial charge in [0.15, 0.2) is 0 Å². The molecule has 0 heterocycles. The van der Waals surface area contributed by atoms with E-state index in [1.807, 2.05) is 13.8 Å². The summed E-state index contributed by atoms with van der Waals surface area (Å²) in [6, 6.07) is 7.05. The van der Waals surface area contributed by atoms with E-state index in [4.69, 9.17) is 0 Å². The van der Waals surface area contributed by atoms with Gasteiger partial charge in [0, 0.05) is 17.3 Å². The van der Waals surface area contributed by atoms with Crippen LogP contribution in [0.3, 0.4) is 0 Å². The maximum atomic E-state index is 11.5. The van der Waals surface area contributed by atoms with Gasteiger partial charge >= 0.3 is 0 Å². The third-order valence-electron chi connectivity index (χ3n) is 2.06. The molecular weight excluding hydrogens is 284 g/mol. The summed E-state index contributed by atoms with van der Waals surface area (Å²) in [5.74, 6) is -0.248. The first-order valence-corrected chi connectivity index (χ1v) is 6.42. The molecule has 1 aromatic carbocycles. The van der Waals surface area contributed by atoms with Gasteiger partial charge in [0.05, 0.1) is 5.33 Å². The molecule has 4 nitrogen and oxygen atoms in total. The zero-order chi connectivity index (χ0) is 12.8. The molecule has 0 atom stereocenters. The Kier molecular flexibility index (Phi) is 5.15. The Morgan fingerprint density at radius 2 is 1.82 bits per heavy atom. The van der Waals surface area contributed by atoms with Crippen LogP contribution in [0.25, 0.3) is 0 Å². The number of carbonyl (C=O) groups excluding carboxylic acids is 2. The van der Waals surface area contributed by atoms with Crippen LogP contribution in [0.4, 0.5) is 11.4 Å². The summed E-state index contributed by atoms with van der Waals surface area (Å²) < 4.78 is 0. The highest BCUT2D eigenvalue weighted by Crippen LogP contribution is 2.16. The van der Waals surface area contributed by atoms with E-state index in [1.165, 1.54) is 0 Å². The van der Waals surface area contributed by atoms with Gasteiger partial charge in [-0.15, -0.1) is 0 Å². The summed E-state index contributed by atoms with van der Waals surface area (Å²) in [6.07, 6.45) is 0. The van der Waals surface area contributed by atoms with Gasteiger partial charge in [-0.3, -0.25) is 9.59 Å². The lowest BCUT2D eigenvalue weighted by atomic mass is 10.2. The van der Waals surface area contributed by atoms with Gasteiger partial charge in [0.1, 0.15) is 0 Å². The first-order valence-electron chi connectivity index (χ1n) is 5.29. The molecule has 0 aliphatic heterocycles. The van der Waals surface area contributed by atoms with Crippen molar-refractivity contribution in [3.63, 3.8) is 0 Å². The lowest BCUT2D eigenvalue weighted by Crippen LogP contribution is -2.18. The van der Waals surface area contributed by atoms with E-state index < -0.39 is 0 Å². The molecule has 1 rings (SSSR count). The first kappa shape index (κ1) is 13.7. The molecule has 0 spiro atoms. The molecule has 92 valence electrons. The van der Waals surface area contributed by atoms with Crippen LogP contribution in [-0.4, -0.2) is 17.1 Å². The molecule has 0 bridgehead atoms. The van der Waals surface area contributed by atoms with E-state index in [2.05, 4.69) is 26.6 Å². The third-order valence-corrected chi connectivity index (χ3v) is 2.57. The fourth-order valence-electron chi connectivity index (χ4n) is 1.16. The van der Waals surface area contributed by atoms with Gasteiger partial charge in [-0.2, -0.15) is 0 Å². The molecule has 1 aromatic rings. The minimum absolute atomic E-state index is 0.0473. The number of rotatable bonds is 4. The van der Waals surface area contributed by atoms with Gasteiger partial charge in [0.2, 0.25) is 11.8 Å². The molecule has 0 saturated heterocycles. The van der Waals surface area contributed by atoms with Crippen molar-refractivity contribution in [1.82, 2.24) is 0 Å². The molecule has 0 aliphatic rings. The highest BCUT2D eigenvalue weighted by atomic mass is 79.9. The Bertz CT molecular complexity index is 419. The van der Waals surface area contributed by atoms with Gasteiger partial charge < -0.3 is 10.6 Å². The van der Waals surface area contributed by atoms with Crippen molar-refractivity contribution in [3.8, 4) is 0 Å². The van der Waals surface area contributed by atoms with Crippen LogP contribution in [0.1, 0.15) is 13.8 Å². The number of anilines is 2. The molecule has 5 heteroatoms. The largest absolute Gasteiger partial charge is 0.326 e. The van der Waals surface area contributed by atoms with Crippen molar-refractivity contribution in [2.24, 2.45) is 5.92 Å². The molecule has 2 amide bonds. The summed E-state index contributed by atoms with van der Waals surface area (Å²) in [5.41, 5.74) is 1.34. The Balaban J connectivity index is 2.72. The molecule has 0 aliphatic carbocycles. The molecule has 17 heavy (non-hydrogen) atoms. The van der Waals surface area contributed by atoms with E-state index in [0.717, 1.165) is 0 Å². The number of halogens is 1. The number of alkyl halides is 1. The molecule has 0 radical (unpaired) electrons. The fourth-order valence-corrected chi connectivity index (χ4v) is 1.30. The second kappa shape index (κ2) is 6.39. The summed E-state index contributed by atoms with van der Waals surface area (Å²) >= 11 is 3.07. The van der Waals surface area contributed by atoms with Crippen LogP contribution in [0.2, 0.25) is 0 Å². The summed E-state index contributed by atoms with van der Waals surface area (Å²) in [5, 5.41) is 5.71. The van der Waals surface area contributed by atoms with Crippen molar-refractivity contribution < 1.29 is 9.59 Å². The van der Waals surface area contributed by atoms with Crippen LogP contribution in [-0.2, 0) is 9.59 Å². The number of benzene rings is 1. The van der Waals surface area contributed by atoms with Crippen LogP contribution in [0.15, 0.2) is 24.3 Å². The summed E-state index contributed by atoms with van der Waals surface area (Å²) in [6.45, 7) is 3.65. The molecule has 0 saturated carbocycles. The predicted octanol–water partition coefficient (Wildman–Crippen LogP) is 2.61. The number of hydrogen-bond acceptors (Lipinski definition) is 2. The minimum atomic E-state index is -0.127. The standard InChI is InChI=1S/C12H15BrN2O2/c1-8(2)12(17)15-10-5-3-4-9(6-10)14-11(16)7-13/h3-6,8H,7H2,1-2H3,(H,14,16)(H,15,17). The fraction of sp³-hybridized carbons (Fsp3) is 0.333. The van der Waals surface area contributed by atoms with Crippen molar-refractivity contribution in [2.75, 3.05) is 16.0 Å². The summed E-state index contributed by atoms with van der Waals surface area (Å²) in [4.78, 5) is 22.7. The molecule has 0 unspecified atom stereocenters. The maximum absolute atomic E-state index is 11.5. The number of hydrogen-bond donors (Lipinski definition) is 2. The summed E-state index contributed by atoms with van der Waals surface area (Å²) in [7, 11) is 0. The SMILES string of the molecule is CC(C)C(=O)Nc1cccc(NC(=O)CBr)c1. The molecule has 0 fully saturated rings. The predicted molar refractivity (Wildman–Crippen MR) is 72.3 cm³/mol. The van der Waals surface area contributed by atoms with Crippen molar-refractivity contribution in [2.45, 2.75) is 13.8 Å². The Hall–Kier alpha value is -1.36. The van der Waals surface area contributed by atoms with E-state index in [-0.39, 0.29) is 23.1 Å². The van der Waals surface area contributed by atoms with Gasteiger partial charge in [-0.25, -0.2) is 0 Å². The van der Waals surface area contributed by atoms with E-state index in [0.29, 0.717) is 11.4 Å². The number of carbonyl (C=O) groups is 2. The molecule has 2 N–H and O–H groups in total. The van der Waals surface area contributed by atoms with E-state index in [9.17, 15) is 9.59 Å². The Morgan fingerprint density at radius 1 is 1.24 bits per heavy atom. The highest BCUT2D eigenvalue weighted by Gasteiger charge is 2.07. The monoisotopic (exact) mass is 298 g/mol. The van der Waals surface area contributed by atoms with Gasteiger partial charge in [-0.05, 0) is 18.2 Å². The second-order valence-electron chi connectivity index (χ2n) is 3.91. The highest BCUT2D eigenvalue weighted by molar-refractivity contribution is 9.09. The minimum Gasteiger partial charge on any atom is -0.326 e. The Morgan fingerprint density at radius 3 is 2.35 bits per heavy atom. The average Bonchev–Trinajstić information content (AvgIpc) is 2.29. The quantitative estimate of drug-likeness (QED) is 0.840. The Labute approximate surface area is 109 Å². The zero-order valence-electron chi connectivity index (χ0n) is 9.79. The van der Waals surface area contributed by atoms with Gasteiger partial charge in [0.25, 0.3) is 0 Å². The normalized spacial score (nSPS) is 10.1. The number of nitrogens with one attached hydrogen (secondary N) is 2. The average molecular weight is 299 g/mol. The van der Waals surface area contributed by atoms with Crippen molar-refractivity contribution in [3.05, 3.63) is 24.3 Å². The maximum Gasteiger partial charge on any atom is 0.235 e. The van der Waals surface area contributed by atoms with Crippen molar-refractivity contribution >= 4 is 39.1 Å². The van der Waals surface area contributed by atoms with E-state index in [1.54, 1.807) is 24.3 Å². The third kappa shape index (κ3) is 4.56. The van der Waals surface area contributed by atoms with E-state index >= 15 is 0 Å². The lowest BCUT2D eigenvalue weighted by Gasteiger charge is -2.09. The topological polar surface area (TPSA) is 58.2 Å². The zero-order valence-corrected chi connectivity index (χ0v) is 11.4. The smallest absolute Gasteiger partial charge is 0.235 e. The van der Waals surface area contributed by atoms with Crippen molar-refractivity contribution in [1.29, 1.82) is 0 Å². The first-order chi connectivity index (χ1) is 8.02. The van der Waals surface area contributed by atoms with Gasteiger partial charge in [-0.1, -0.05) is 35.8 Å². The molecule has 0 aromatic heterocycles. The van der Waals surface area contributed by atoms with Crippen LogP contribution < -0.4 is 10.6 Å². The number of amides is 2. The van der Waals surface area contributed by atoms with Crippen LogP contribution in [0.5, 0.6) is 0 Å². The molecular formula is C12H15BrN2O2. The van der Waals surface area contributed by atoms with Crippen LogP contribution in [0, 0.1) is 5.92 Å². The second-order valence-corrected chi connectivity index (χ2v) is 4.47.